The second kappa shape index (κ2) is 8.92. The van der Waals surface area contributed by atoms with Gasteiger partial charge in [-0.3, -0.25) is 14.4 Å². The molecule has 3 N–H and O–H groups in total. The highest BCUT2D eigenvalue weighted by atomic mass is 16.2. The summed E-state index contributed by atoms with van der Waals surface area (Å²) in [6.07, 6.45) is 0.740. The molecule has 0 radical (unpaired) electrons. The van der Waals surface area contributed by atoms with Gasteiger partial charge in [0.15, 0.2) is 5.69 Å². The SMILES string of the molecule is Cn1nnc(-c2ccccc2)c1C(=O)N[C@@H](CCc1ccccc1)C(=O)C(N)=O. The Morgan fingerprint density at radius 1 is 1.03 bits per heavy atom. The molecule has 1 heterocycles. The van der Waals surface area contributed by atoms with Crippen molar-refractivity contribution in [2.24, 2.45) is 12.8 Å². The molecule has 0 bridgehead atoms. The third-order valence-corrected chi connectivity index (χ3v) is 4.52. The van der Waals surface area contributed by atoms with E-state index in [-0.39, 0.29) is 12.1 Å². The standard InChI is InChI=1S/C21H21N5O3/c1-26-18(17(24-25-26)15-10-6-3-7-11-15)21(29)23-16(19(27)20(22)28)13-12-14-8-4-2-5-9-14/h2-11,16H,12-13H2,1H3,(H2,22,28)(H,23,29)/t16-/m0/s1. The second-order valence-electron chi connectivity index (χ2n) is 6.56. The molecule has 0 fully saturated rings. The summed E-state index contributed by atoms with van der Waals surface area (Å²) >= 11 is 0. The first kappa shape index (κ1) is 19.9. The summed E-state index contributed by atoms with van der Waals surface area (Å²) < 4.78 is 1.33. The first-order chi connectivity index (χ1) is 14.0. The van der Waals surface area contributed by atoms with E-state index in [1.807, 2.05) is 60.7 Å². The smallest absolute Gasteiger partial charge is 0.287 e. The lowest BCUT2D eigenvalue weighted by Gasteiger charge is -2.16. The molecular formula is C21H21N5O3. The number of carbonyl (C=O) groups is 3. The van der Waals surface area contributed by atoms with Crippen LogP contribution < -0.4 is 11.1 Å². The molecule has 0 aliphatic carbocycles. The topological polar surface area (TPSA) is 120 Å². The molecule has 29 heavy (non-hydrogen) atoms. The van der Waals surface area contributed by atoms with E-state index in [4.69, 9.17) is 5.73 Å². The normalized spacial score (nSPS) is 11.6. The fraction of sp³-hybridized carbons (Fsp3) is 0.190. The van der Waals surface area contributed by atoms with Gasteiger partial charge in [0, 0.05) is 12.6 Å². The lowest BCUT2D eigenvalue weighted by molar-refractivity contribution is -0.137. The molecular weight excluding hydrogens is 370 g/mol. The summed E-state index contributed by atoms with van der Waals surface area (Å²) in [6, 6.07) is 17.5. The number of carbonyl (C=O) groups excluding carboxylic acids is 3. The van der Waals surface area contributed by atoms with Crippen molar-refractivity contribution in [3.8, 4) is 11.3 Å². The molecule has 0 unspecified atom stereocenters. The van der Waals surface area contributed by atoms with E-state index in [0.29, 0.717) is 17.7 Å². The Morgan fingerprint density at radius 3 is 2.28 bits per heavy atom. The Morgan fingerprint density at radius 2 is 1.66 bits per heavy atom. The molecule has 0 aliphatic heterocycles. The molecule has 3 aromatic rings. The maximum absolute atomic E-state index is 13.0. The highest BCUT2D eigenvalue weighted by molar-refractivity contribution is 6.38. The number of hydrogen-bond acceptors (Lipinski definition) is 5. The first-order valence-electron chi connectivity index (χ1n) is 9.11. The largest absolute Gasteiger partial charge is 0.363 e. The summed E-state index contributed by atoms with van der Waals surface area (Å²) in [5.74, 6) is -2.48. The maximum atomic E-state index is 13.0. The van der Waals surface area contributed by atoms with Gasteiger partial charge in [-0.05, 0) is 18.4 Å². The molecule has 0 saturated carbocycles. The molecule has 0 saturated heterocycles. The Kier molecular flexibility index (Phi) is 6.13. The molecule has 0 aliphatic rings. The van der Waals surface area contributed by atoms with Crippen LogP contribution in [0, 0.1) is 0 Å². The fourth-order valence-electron chi connectivity index (χ4n) is 3.02. The fourth-order valence-corrected chi connectivity index (χ4v) is 3.02. The van der Waals surface area contributed by atoms with Crippen molar-refractivity contribution in [1.29, 1.82) is 0 Å². The van der Waals surface area contributed by atoms with Gasteiger partial charge in [-0.25, -0.2) is 4.68 Å². The van der Waals surface area contributed by atoms with Crippen molar-refractivity contribution in [3.63, 3.8) is 0 Å². The summed E-state index contributed by atoms with van der Waals surface area (Å²) in [4.78, 5) is 36.7. The van der Waals surface area contributed by atoms with Gasteiger partial charge >= 0.3 is 0 Å². The molecule has 148 valence electrons. The average molecular weight is 391 g/mol. The Labute approximate surface area is 167 Å². The van der Waals surface area contributed by atoms with E-state index in [9.17, 15) is 14.4 Å². The van der Waals surface area contributed by atoms with Gasteiger partial charge in [-0.15, -0.1) is 5.10 Å². The molecule has 1 aromatic heterocycles. The van der Waals surface area contributed by atoms with Gasteiger partial charge in [-0.1, -0.05) is 65.9 Å². The van der Waals surface area contributed by atoms with Crippen molar-refractivity contribution in [3.05, 3.63) is 71.9 Å². The van der Waals surface area contributed by atoms with Crippen LogP contribution >= 0.6 is 0 Å². The third kappa shape index (κ3) is 4.73. The van der Waals surface area contributed by atoms with Gasteiger partial charge in [0.05, 0.1) is 6.04 Å². The lowest BCUT2D eigenvalue weighted by atomic mass is 10.0. The number of nitrogens with one attached hydrogen (secondary N) is 1. The first-order valence-corrected chi connectivity index (χ1v) is 9.11. The van der Waals surface area contributed by atoms with Gasteiger partial charge in [0.25, 0.3) is 11.8 Å². The van der Waals surface area contributed by atoms with E-state index in [1.165, 1.54) is 4.68 Å². The number of aryl methyl sites for hydroxylation is 2. The minimum absolute atomic E-state index is 0.193. The molecule has 2 amide bonds. The molecule has 0 spiro atoms. The number of aromatic nitrogens is 3. The minimum atomic E-state index is -1.09. The van der Waals surface area contributed by atoms with E-state index >= 15 is 0 Å². The van der Waals surface area contributed by atoms with Gasteiger partial charge < -0.3 is 11.1 Å². The molecule has 8 heteroatoms. The number of Topliss-reactive ketones (excluding diaryl/α,β-unsaturated/α-hetero) is 1. The lowest BCUT2D eigenvalue weighted by Crippen LogP contribution is -2.46. The Bertz CT molecular complexity index is 1020. The average Bonchev–Trinajstić information content (AvgIpc) is 3.13. The summed E-state index contributed by atoms with van der Waals surface area (Å²) in [5, 5.41) is 10.6. The zero-order valence-electron chi connectivity index (χ0n) is 15.9. The zero-order chi connectivity index (χ0) is 20.8. The van der Waals surface area contributed by atoms with E-state index in [2.05, 4.69) is 15.6 Å². The van der Waals surface area contributed by atoms with Crippen molar-refractivity contribution in [2.75, 3.05) is 0 Å². The van der Waals surface area contributed by atoms with Crippen molar-refractivity contribution < 1.29 is 14.4 Å². The number of primary amides is 1. The van der Waals surface area contributed by atoms with Crippen molar-refractivity contribution in [2.45, 2.75) is 18.9 Å². The molecule has 3 rings (SSSR count). The molecule has 8 nitrogen and oxygen atoms in total. The Hall–Kier alpha value is -3.81. The number of nitrogens with zero attached hydrogens (tertiary/aromatic N) is 3. The van der Waals surface area contributed by atoms with Crippen LogP contribution in [0.5, 0.6) is 0 Å². The van der Waals surface area contributed by atoms with Crippen molar-refractivity contribution >= 4 is 17.6 Å². The molecule has 1 atom stereocenters. The molecule has 2 aromatic carbocycles. The quantitative estimate of drug-likeness (QED) is 0.560. The number of hydrogen-bond donors (Lipinski definition) is 2. The summed E-state index contributed by atoms with van der Waals surface area (Å²) in [7, 11) is 1.59. The number of benzene rings is 2. The monoisotopic (exact) mass is 391 g/mol. The Balaban J connectivity index is 1.82. The van der Waals surface area contributed by atoms with Gasteiger partial charge in [-0.2, -0.15) is 0 Å². The highest BCUT2D eigenvalue weighted by Crippen LogP contribution is 2.20. The number of rotatable bonds is 8. The van der Waals surface area contributed by atoms with E-state index in [1.54, 1.807) is 7.05 Å². The summed E-state index contributed by atoms with van der Waals surface area (Å²) in [6.45, 7) is 0. The van der Waals surface area contributed by atoms with Crippen LogP contribution in [-0.4, -0.2) is 38.6 Å². The van der Waals surface area contributed by atoms with Crippen LogP contribution in [0.15, 0.2) is 60.7 Å². The van der Waals surface area contributed by atoms with Gasteiger partial charge in [0.1, 0.15) is 5.69 Å². The third-order valence-electron chi connectivity index (χ3n) is 4.52. The van der Waals surface area contributed by atoms with Gasteiger partial charge in [0.2, 0.25) is 5.78 Å². The van der Waals surface area contributed by atoms with Crippen LogP contribution in [0.1, 0.15) is 22.5 Å². The van der Waals surface area contributed by atoms with E-state index < -0.39 is 23.6 Å². The summed E-state index contributed by atoms with van der Waals surface area (Å²) in [5.41, 5.74) is 7.46. The maximum Gasteiger partial charge on any atom is 0.287 e. The van der Waals surface area contributed by atoms with Crippen LogP contribution in [0.4, 0.5) is 0 Å². The number of nitrogens with two attached hydrogens (primary N) is 1. The predicted molar refractivity (Wildman–Crippen MR) is 107 cm³/mol. The number of ketones is 1. The van der Waals surface area contributed by atoms with Crippen LogP contribution in [0.3, 0.4) is 0 Å². The highest BCUT2D eigenvalue weighted by Gasteiger charge is 2.28. The second-order valence-corrected chi connectivity index (χ2v) is 6.56. The predicted octanol–water partition coefficient (Wildman–Crippen LogP) is 1.27. The van der Waals surface area contributed by atoms with Crippen LogP contribution in [0.2, 0.25) is 0 Å². The van der Waals surface area contributed by atoms with E-state index in [0.717, 1.165) is 5.56 Å². The number of amides is 2. The van der Waals surface area contributed by atoms with Crippen LogP contribution in [0.25, 0.3) is 11.3 Å². The minimum Gasteiger partial charge on any atom is -0.363 e. The van der Waals surface area contributed by atoms with Crippen molar-refractivity contribution in [1.82, 2.24) is 20.3 Å². The zero-order valence-corrected chi connectivity index (χ0v) is 15.9. The van der Waals surface area contributed by atoms with Crippen LogP contribution in [-0.2, 0) is 23.1 Å².